The third-order valence-electron chi connectivity index (χ3n) is 4.56. The molecule has 0 aliphatic heterocycles. The highest BCUT2D eigenvalue weighted by molar-refractivity contribution is 5.77. The fraction of sp³-hybridized carbons (Fsp3) is 0.300. The highest BCUT2D eigenvalue weighted by Crippen LogP contribution is 2.13. The van der Waals surface area contributed by atoms with Crippen LogP contribution in [0.25, 0.3) is 11.0 Å². The molecule has 2 aromatic carbocycles. The van der Waals surface area contributed by atoms with Crippen LogP contribution in [0.2, 0.25) is 0 Å². The SMILES string of the molecule is CN(C)c1ccc(CNC(=O)CCn2c(=O)n(C)c3ccccc32)cc1. The first-order valence-electron chi connectivity index (χ1n) is 8.64. The van der Waals surface area contributed by atoms with Crippen LogP contribution in [0.1, 0.15) is 12.0 Å². The average molecular weight is 352 g/mol. The zero-order chi connectivity index (χ0) is 18.7. The van der Waals surface area contributed by atoms with E-state index in [1.165, 1.54) is 0 Å². The summed E-state index contributed by atoms with van der Waals surface area (Å²) in [5.74, 6) is -0.0680. The van der Waals surface area contributed by atoms with Crippen molar-refractivity contribution in [1.82, 2.24) is 14.5 Å². The lowest BCUT2D eigenvalue weighted by Crippen LogP contribution is -2.27. The van der Waals surface area contributed by atoms with Crippen molar-refractivity contribution in [2.75, 3.05) is 19.0 Å². The molecule has 1 amide bonds. The Balaban J connectivity index is 1.60. The van der Waals surface area contributed by atoms with E-state index in [4.69, 9.17) is 0 Å². The lowest BCUT2D eigenvalue weighted by atomic mass is 10.2. The molecule has 136 valence electrons. The van der Waals surface area contributed by atoms with E-state index in [0.717, 1.165) is 22.3 Å². The molecule has 1 N–H and O–H groups in total. The molecule has 0 spiro atoms. The van der Waals surface area contributed by atoms with E-state index < -0.39 is 0 Å². The minimum absolute atomic E-state index is 0.0680. The molecular formula is C20H24N4O2. The number of imidazole rings is 1. The molecule has 1 aromatic heterocycles. The molecule has 6 nitrogen and oxygen atoms in total. The number of aryl methyl sites for hydroxylation is 2. The summed E-state index contributed by atoms with van der Waals surface area (Å²) in [6.07, 6.45) is 0.268. The monoisotopic (exact) mass is 352 g/mol. The summed E-state index contributed by atoms with van der Waals surface area (Å²) in [6.45, 7) is 0.850. The number of amides is 1. The summed E-state index contributed by atoms with van der Waals surface area (Å²) < 4.78 is 3.26. The molecule has 0 unspecified atom stereocenters. The molecule has 1 heterocycles. The van der Waals surface area contributed by atoms with Gasteiger partial charge in [-0.25, -0.2) is 4.79 Å². The maximum atomic E-state index is 12.4. The number of carbonyl (C=O) groups excluding carboxylic acids is 1. The van der Waals surface area contributed by atoms with Gasteiger partial charge in [0.1, 0.15) is 0 Å². The topological polar surface area (TPSA) is 59.3 Å². The molecule has 3 aromatic rings. The molecule has 0 atom stereocenters. The van der Waals surface area contributed by atoms with Gasteiger partial charge in [-0.15, -0.1) is 0 Å². The fourth-order valence-corrected chi connectivity index (χ4v) is 2.99. The van der Waals surface area contributed by atoms with Gasteiger partial charge in [-0.3, -0.25) is 13.9 Å². The minimum Gasteiger partial charge on any atom is -0.378 e. The Bertz CT molecular complexity index is 968. The zero-order valence-electron chi connectivity index (χ0n) is 15.4. The Morgan fingerprint density at radius 3 is 2.35 bits per heavy atom. The van der Waals surface area contributed by atoms with Crippen LogP contribution in [0.3, 0.4) is 0 Å². The predicted molar refractivity (Wildman–Crippen MR) is 104 cm³/mol. The van der Waals surface area contributed by atoms with E-state index in [9.17, 15) is 9.59 Å². The van der Waals surface area contributed by atoms with E-state index in [-0.39, 0.29) is 18.0 Å². The van der Waals surface area contributed by atoms with Crippen LogP contribution in [-0.2, 0) is 24.9 Å². The average Bonchev–Trinajstić information content (AvgIpc) is 2.89. The molecule has 0 bridgehead atoms. The second kappa shape index (κ2) is 7.47. The van der Waals surface area contributed by atoms with Crippen LogP contribution in [0.15, 0.2) is 53.3 Å². The number of nitrogens with one attached hydrogen (secondary N) is 1. The Kier molecular flexibility index (Phi) is 5.11. The maximum absolute atomic E-state index is 12.4. The van der Waals surface area contributed by atoms with Gasteiger partial charge >= 0.3 is 5.69 Å². The quantitative estimate of drug-likeness (QED) is 0.739. The van der Waals surface area contributed by atoms with E-state index >= 15 is 0 Å². The number of carbonyl (C=O) groups is 1. The van der Waals surface area contributed by atoms with Crippen molar-refractivity contribution in [3.8, 4) is 0 Å². The van der Waals surface area contributed by atoms with Gasteiger partial charge in [-0.1, -0.05) is 24.3 Å². The number of hydrogen-bond acceptors (Lipinski definition) is 3. The van der Waals surface area contributed by atoms with Gasteiger partial charge in [0.25, 0.3) is 0 Å². The van der Waals surface area contributed by atoms with E-state index in [2.05, 4.69) is 5.32 Å². The van der Waals surface area contributed by atoms with Gasteiger partial charge in [0, 0.05) is 46.3 Å². The van der Waals surface area contributed by atoms with E-state index in [0.29, 0.717) is 13.1 Å². The van der Waals surface area contributed by atoms with Crippen LogP contribution >= 0.6 is 0 Å². The van der Waals surface area contributed by atoms with Crippen molar-refractivity contribution < 1.29 is 4.79 Å². The number of hydrogen-bond donors (Lipinski definition) is 1. The Morgan fingerprint density at radius 1 is 1.04 bits per heavy atom. The number of anilines is 1. The van der Waals surface area contributed by atoms with Crippen LogP contribution in [0.4, 0.5) is 5.69 Å². The summed E-state index contributed by atoms with van der Waals surface area (Å²) in [5, 5.41) is 2.92. The van der Waals surface area contributed by atoms with Crippen LogP contribution < -0.4 is 15.9 Å². The normalized spacial score (nSPS) is 10.9. The first-order chi connectivity index (χ1) is 12.5. The number of fused-ring (bicyclic) bond motifs is 1. The number of aromatic nitrogens is 2. The molecule has 0 radical (unpaired) electrons. The molecule has 6 heteroatoms. The first kappa shape index (κ1) is 17.8. The highest BCUT2D eigenvalue weighted by atomic mass is 16.2. The number of nitrogens with zero attached hydrogens (tertiary/aromatic N) is 3. The van der Waals surface area contributed by atoms with Gasteiger partial charge < -0.3 is 10.2 Å². The van der Waals surface area contributed by atoms with Crippen molar-refractivity contribution in [1.29, 1.82) is 0 Å². The van der Waals surface area contributed by atoms with Gasteiger partial charge in [0.05, 0.1) is 11.0 Å². The van der Waals surface area contributed by atoms with Gasteiger partial charge in [-0.05, 0) is 29.8 Å². The molecular weight excluding hydrogens is 328 g/mol. The molecule has 0 aliphatic rings. The Hall–Kier alpha value is -3.02. The smallest absolute Gasteiger partial charge is 0.328 e. The molecule has 0 saturated heterocycles. The lowest BCUT2D eigenvalue weighted by Gasteiger charge is -2.13. The summed E-state index contributed by atoms with van der Waals surface area (Å²) in [6, 6.07) is 15.7. The molecule has 0 fully saturated rings. The van der Waals surface area contributed by atoms with Gasteiger partial charge in [0.15, 0.2) is 0 Å². The number of benzene rings is 2. The maximum Gasteiger partial charge on any atom is 0.328 e. The largest absolute Gasteiger partial charge is 0.378 e. The fourth-order valence-electron chi connectivity index (χ4n) is 2.99. The molecule has 0 aliphatic carbocycles. The van der Waals surface area contributed by atoms with Crippen molar-refractivity contribution in [3.63, 3.8) is 0 Å². The Morgan fingerprint density at radius 2 is 1.69 bits per heavy atom. The first-order valence-corrected chi connectivity index (χ1v) is 8.64. The van der Waals surface area contributed by atoms with Gasteiger partial charge in [-0.2, -0.15) is 0 Å². The van der Waals surface area contributed by atoms with Crippen LogP contribution in [-0.4, -0.2) is 29.1 Å². The third-order valence-corrected chi connectivity index (χ3v) is 4.56. The molecule has 0 saturated carbocycles. The Labute approximate surface area is 152 Å². The third kappa shape index (κ3) is 3.64. The lowest BCUT2D eigenvalue weighted by molar-refractivity contribution is -0.121. The van der Waals surface area contributed by atoms with Crippen molar-refractivity contribution in [2.24, 2.45) is 7.05 Å². The number of para-hydroxylation sites is 2. The van der Waals surface area contributed by atoms with Crippen molar-refractivity contribution in [3.05, 3.63) is 64.6 Å². The zero-order valence-corrected chi connectivity index (χ0v) is 15.4. The summed E-state index contributed by atoms with van der Waals surface area (Å²) >= 11 is 0. The van der Waals surface area contributed by atoms with Crippen molar-refractivity contribution in [2.45, 2.75) is 19.5 Å². The summed E-state index contributed by atoms with van der Waals surface area (Å²) in [5.41, 5.74) is 3.80. The van der Waals surface area contributed by atoms with Crippen molar-refractivity contribution >= 4 is 22.6 Å². The molecule has 3 rings (SSSR count). The van der Waals surface area contributed by atoms with Crippen LogP contribution in [0.5, 0.6) is 0 Å². The van der Waals surface area contributed by atoms with E-state index in [1.807, 2.05) is 67.5 Å². The summed E-state index contributed by atoms with van der Waals surface area (Å²) in [4.78, 5) is 26.6. The predicted octanol–water partition coefficient (Wildman–Crippen LogP) is 2.11. The second-order valence-electron chi connectivity index (χ2n) is 6.57. The summed E-state index contributed by atoms with van der Waals surface area (Å²) in [7, 11) is 5.73. The van der Waals surface area contributed by atoms with Gasteiger partial charge in [0.2, 0.25) is 5.91 Å². The molecule has 26 heavy (non-hydrogen) atoms. The minimum atomic E-state index is -0.0988. The van der Waals surface area contributed by atoms with E-state index in [1.54, 1.807) is 16.2 Å². The second-order valence-corrected chi connectivity index (χ2v) is 6.57. The standard InChI is InChI=1S/C20H24N4O2/c1-22(2)16-10-8-15(9-11-16)14-21-19(25)12-13-24-18-7-5-4-6-17(18)23(3)20(24)26/h4-11H,12-14H2,1-3H3,(H,21,25). The highest BCUT2D eigenvalue weighted by Gasteiger charge is 2.11. The number of rotatable bonds is 6. The van der Waals surface area contributed by atoms with Crippen LogP contribution in [0, 0.1) is 0 Å².